The second-order valence-corrected chi connectivity index (χ2v) is 3.24. The molecule has 5 nitrogen and oxygen atoms in total. The van der Waals surface area contributed by atoms with Crippen molar-refractivity contribution >= 4 is 17.6 Å². The van der Waals surface area contributed by atoms with E-state index in [9.17, 15) is 18.4 Å². The molecule has 0 saturated heterocycles. The third-order valence-corrected chi connectivity index (χ3v) is 1.92. The van der Waals surface area contributed by atoms with Crippen molar-refractivity contribution < 1.29 is 28.6 Å². The molecule has 0 aromatic heterocycles. The van der Waals surface area contributed by atoms with Crippen LogP contribution in [0.3, 0.4) is 0 Å². The van der Waals surface area contributed by atoms with Gasteiger partial charge in [0.15, 0.2) is 11.6 Å². The van der Waals surface area contributed by atoms with Crippen molar-refractivity contribution in [2.45, 2.75) is 0 Å². The van der Waals surface area contributed by atoms with E-state index in [2.05, 4.69) is 0 Å². The Kier molecular flexibility index (Phi) is 3.97. The van der Waals surface area contributed by atoms with Crippen LogP contribution in [0.1, 0.15) is 0 Å². The highest BCUT2D eigenvalue weighted by atomic mass is 19.2. The molecule has 0 aliphatic carbocycles. The third kappa shape index (κ3) is 3.71. The van der Waals surface area contributed by atoms with Crippen LogP contribution >= 0.6 is 0 Å². The molecule has 0 aliphatic heterocycles. The first-order valence-corrected chi connectivity index (χ1v) is 4.53. The number of carbonyl (C=O) groups is 2. The highest BCUT2D eigenvalue weighted by Crippen LogP contribution is 2.17. The van der Waals surface area contributed by atoms with Gasteiger partial charge in [0.1, 0.15) is 13.1 Å². The molecule has 0 atom stereocenters. The molecule has 17 heavy (non-hydrogen) atoms. The molecule has 0 fully saturated rings. The molecule has 0 saturated carbocycles. The van der Waals surface area contributed by atoms with Crippen LogP contribution < -0.4 is 4.90 Å². The zero-order chi connectivity index (χ0) is 13.0. The van der Waals surface area contributed by atoms with E-state index in [1.807, 2.05) is 0 Å². The summed E-state index contributed by atoms with van der Waals surface area (Å²) in [5.74, 6) is -4.78. The molecular formula is C10H9F2NO4. The predicted octanol–water partition coefficient (Wildman–Crippen LogP) is 0.940. The van der Waals surface area contributed by atoms with Crippen molar-refractivity contribution in [2.24, 2.45) is 0 Å². The molecule has 2 N–H and O–H groups in total. The number of halogens is 2. The minimum absolute atomic E-state index is 0.00583. The van der Waals surface area contributed by atoms with Crippen LogP contribution in [0.4, 0.5) is 14.5 Å². The smallest absolute Gasteiger partial charge is 0.323 e. The molecule has 1 aromatic carbocycles. The van der Waals surface area contributed by atoms with Crippen LogP contribution in [0.5, 0.6) is 0 Å². The average molecular weight is 245 g/mol. The minimum atomic E-state index is -1.27. The first-order chi connectivity index (χ1) is 7.90. The molecule has 0 spiro atoms. The quantitative estimate of drug-likeness (QED) is 0.807. The number of benzene rings is 1. The van der Waals surface area contributed by atoms with E-state index in [0.717, 1.165) is 23.1 Å². The van der Waals surface area contributed by atoms with Crippen LogP contribution in [-0.4, -0.2) is 35.2 Å². The summed E-state index contributed by atoms with van der Waals surface area (Å²) >= 11 is 0. The Morgan fingerprint density at radius 3 is 2.00 bits per heavy atom. The highest BCUT2D eigenvalue weighted by molar-refractivity contribution is 5.79. The first-order valence-electron chi connectivity index (χ1n) is 4.53. The minimum Gasteiger partial charge on any atom is -0.480 e. The monoisotopic (exact) mass is 245 g/mol. The number of hydrogen-bond acceptors (Lipinski definition) is 3. The molecule has 0 heterocycles. The Balaban J connectivity index is 2.98. The van der Waals surface area contributed by atoms with Gasteiger partial charge in [0, 0.05) is 11.8 Å². The summed E-state index contributed by atoms with van der Waals surface area (Å²) in [6.45, 7) is -1.23. The third-order valence-electron chi connectivity index (χ3n) is 1.92. The Labute approximate surface area is 94.9 Å². The van der Waals surface area contributed by atoms with Gasteiger partial charge in [0.05, 0.1) is 0 Å². The fraction of sp³-hybridized carbons (Fsp3) is 0.200. The second-order valence-electron chi connectivity index (χ2n) is 3.24. The summed E-state index contributed by atoms with van der Waals surface area (Å²) in [5, 5.41) is 17.2. The molecule has 0 bridgehead atoms. The molecule has 1 rings (SSSR count). The maximum absolute atomic E-state index is 12.9. The lowest BCUT2D eigenvalue weighted by Gasteiger charge is -2.20. The van der Waals surface area contributed by atoms with Gasteiger partial charge in [-0.25, -0.2) is 8.78 Å². The van der Waals surface area contributed by atoms with Gasteiger partial charge in [0.2, 0.25) is 0 Å². The largest absolute Gasteiger partial charge is 0.480 e. The molecule has 1 aromatic rings. The zero-order valence-electron chi connectivity index (χ0n) is 8.56. The lowest BCUT2D eigenvalue weighted by atomic mass is 10.2. The lowest BCUT2D eigenvalue weighted by molar-refractivity contribution is -0.136. The van der Waals surface area contributed by atoms with Crippen LogP contribution in [0, 0.1) is 11.6 Å². The molecule has 7 heteroatoms. The van der Waals surface area contributed by atoms with E-state index in [1.54, 1.807) is 0 Å². The maximum Gasteiger partial charge on any atom is 0.323 e. The SMILES string of the molecule is O=C(O)CN(CC(=O)O)c1ccc(F)c(F)c1. The second kappa shape index (κ2) is 5.24. The van der Waals surface area contributed by atoms with E-state index in [4.69, 9.17) is 10.2 Å². The Hall–Kier alpha value is -2.18. The standard InChI is InChI=1S/C10H9F2NO4/c11-7-2-1-6(3-8(7)12)13(4-9(14)15)5-10(16)17/h1-3H,4-5H2,(H,14,15)(H,16,17). The Morgan fingerprint density at radius 2 is 1.59 bits per heavy atom. The van der Waals surface area contributed by atoms with Gasteiger partial charge in [-0.1, -0.05) is 0 Å². The van der Waals surface area contributed by atoms with Crippen molar-refractivity contribution in [1.29, 1.82) is 0 Å². The van der Waals surface area contributed by atoms with Gasteiger partial charge in [-0.15, -0.1) is 0 Å². The molecule has 0 unspecified atom stereocenters. The van der Waals surface area contributed by atoms with Gasteiger partial charge in [0.25, 0.3) is 0 Å². The van der Waals surface area contributed by atoms with E-state index >= 15 is 0 Å². The van der Waals surface area contributed by atoms with Crippen molar-refractivity contribution in [1.82, 2.24) is 0 Å². The van der Waals surface area contributed by atoms with Crippen molar-refractivity contribution in [2.75, 3.05) is 18.0 Å². The van der Waals surface area contributed by atoms with Crippen LogP contribution in [0.15, 0.2) is 18.2 Å². The maximum atomic E-state index is 12.9. The van der Waals surface area contributed by atoms with Crippen molar-refractivity contribution in [3.8, 4) is 0 Å². The van der Waals surface area contributed by atoms with Gasteiger partial charge in [-0.2, -0.15) is 0 Å². The number of rotatable bonds is 5. The summed E-state index contributed by atoms with van der Waals surface area (Å²) in [7, 11) is 0. The van der Waals surface area contributed by atoms with Gasteiger partial charge >= 0.3 is 11.9 Å². The topological polar surface area (TPSA) is 77.8 Å². The highest BCUT2D eigenvalue weighted by Gasteiger charge is 2.15. The summed E-state index contributed by atoms with van der Waals surface area (Å²) in [6.07, 6.45) is 0. The van der Waals surface area contributed by atoms with Crippen LogP contribution in [0.2, 0.25) is 0 Å². The van der Waals surface area contributed by atoms with Crippen molar-refractivity contribution in [3.63, 3.8) is 0 Å². The fourth-order valence-electron chi connectivity index (χ4n) is 1.25. The van der Waals surface area contributed by atoms with Gasteiger partial charge in [-0.3, -0.25) is 9.59 Å². The first kappa shape index (κ1) is 12.9. The fourth-order valence-corrected chi connectivity index (χ4v) is 1.25. The number of carboxylic acids is 2. The molecule has 92 valence electrons. The van der Waals surface area contributed by atoms with E-state index in [0.29, 0.717) is 0 Å². The molecule has 0 aliphatic rings. The van der Waals surface area contributed by atoms with Crippen molar-refractivity contribution in [3.05, 3.63) is 29.8 Å². The average Bonchev–Trinajstić information content (AvgIpc) is 2.19. The van der Waals surface area contributed by atoms with E-state index in [-0.39, 0.29) is 5.69 Å². The number of aliphatic carboxylic acids is 2. The number of nitrogens with zero attached hydrogens (tertiary/aromatic N) is 1. The summed E-state index contributed by atoms with van der Waals surface area (Å²) < 4.78 is 25.6. The Morgan fingerprint density at radius 1 is 1.06 bits per heavy atom. The summed E-state index contributed by atoms with van der Waals surface area (Å²) in [4.78, 5) is 21.9. The summed E-state index contributed by atoms with van der Waals surface area (Å²) in [6, 6.07) is 2.67. The zero-order valence-corrected chi connectivity index (χ0v) is 8.56. The normalized spacial score (nSPS) is 10.0. The Bertz CT molecular complexity index is 434. The number of carboxylic acid groups (broad SMARTS) is 2. The van der Waals surface area contributed by atoms with Gasteiger partial charge in [-0.05, 0) is 12.1 Å². The van der Waals surface area contributed by atoms with Crippen LogP contribution in [-0.2, 0) is 9.59 Å². The van der Waals surface area contributed by atoms with E-state index < -0.39 is 36.7 Å². The van der Waals surface area contributed by atoms with E-state index in [1.165, 1.54) is 0 Å². The molecular weight excluding hydrogens is 236 g/mol. The predicted molar refractivity (Wildman–Crippen MR) is 53.8 cm³/mol. The number of anilines is 1. The summed E-state index contributed by atoms with van der Waals surface area (Å²) in [5.41, 5.74) is -0.00583. The molecule has 0 amide bonds. The molecule has 0 radical (unpaired) electrons. The van der Waals surface area contributed by atoms with Gasteiger partial charge < -0.3 is 15.1 Å². The number of hydrogen-bond donors (Lipinski definition) is 2. The van der Waals surface area contributed by atoms with Crippen LogP contribution in [0.25, 0.3) is 0 Å². The lowest BCUT2D eigenvalue weighted by Crippen LogP contribution is -2.34.